The van der Waals surface area contributed by atoms with Crippen LogP contribution in [0.15, 0.2) is 0 Å². The first-order chi connectivity index (χ1) is 18.0. The van der Waals surface area contributed by atoms with E-state index in [0.29, 0.717) is 12.8 Å². The summed E-state index contributed by atoms with van der Waals surface area (Å²) < 4.78 is 0. The summed E-state index contributed by atoms with van der Waals surface area (Å²) in [6, 6.07) is 0. The molecule has 0 aliphatic rings. The molecule has 0 spiro atoms. The molecule has 13 nitrogen and oxygen atoms in total. The zero-order chi connectivity index (χ0) is 30.6. The number of unbranched alkanes of at least 4 members (excludes halogenated alkanes) is 8. The second kappa shape index (κ2) is 42.7. The van der Waals surface area contributed by atoms with Gasteiger partial charge < -0.3 is 56.2 Å². The van der Waals surface area contributed by atoms with Gasteiger partial charge in [0.1, 0.15) is 18.3 Å². The van der Waals surface area contributed by atoms with E-state index in [-0.39, 0.29) is 39.6 Å². The van der Waals surface area contributed by atoms with Gasteiger partial charge in [0.05, 0.1) is 39.6 Å². The van der Waals surface area contributed by atoms with Crippen molar-refractivity contribution in [1.29, 1.82) is 0 Å². The summed E-state index contributed by atoms with van der Waals surface area (Å²) in [6.45, 7) is 2.11. The third-order valence-electron chi connectivity index (χ3n) is 4.25. The van der Waals surface area contributed by atoms with Gasteiger partial charge in [0.15, 0.2) is 0 Å². The highest BCUT2D eigenvalue weighted by molar-refractivity contribution is 5.66. The molecule has 0 bridgehead atoms. The SMILES string of the molecule is CCCCCCCC(=O)O.CCCCCCCC(=O)O.OCC(O)CO.OCC(O)CO.OCC(O)CO. The zero-order valence-electron chi connectivity index (χ0n) is 23.2. The van der Waals surface area contributed by atoms with Crippen LogP contribution in [0.5, 0.6) is 0 Å². The predicted molar refractivity (Wildman–Crippen MR) is 143 cm³/mol. The highest BCUT2D eigenvalue weighted by atomic mass is 16.4. The molecule has 0 radical (unpaired) electrons. The molecule has 0 fully saturated rings. The third-order valence-corrected chi connectivity index (χ3v) is 4.25. The highest BCUT2D eigenvalue weighted by Gasteiger charge is 1.96. The average molecular weight is 565 g/mol. The molecule has 0 aromatic carbocycles. The topological polar surface area (TPSA) is 257 Å². The minimum absolute atomic E-state index is 0.337. The van der Waals surface area contributed by atoms with Crippen LogP contribution in [0.4, 0.5) is 0 Å². The van der Waals surface area contributed by atoms with Crippen molar-refractivity contribution in [1.82, 2.24) is 0 Å². The molecule has 38 heavy (non-hydrogen) atoms. The first-order valence-electron chi connectivity index (χ1n) is 13.1. The average Bonchev–Trinajstić information content (AvgIpc) is 2.92. The van der Waals surface area contributed by atoms with E-state index in [0.717, 1.165) is 25.7 Å². The van der Waals surface area contributed by atoms with Crippen molar-refractivity contribution in [3.05, 3.63) is 0 Å². The molecule has 234 valence electrons. The monoisotopic (exact) mass is 564 g/mol. The van der Waals surface area contributed by atoms with Crippen LogP contribution in [0.25, 0.3) is 0 Å². The summed E-state index contributed by atoms with van der Waals surface area (Å²) in [5, 5.41) is 88.6. The van der Waals surface area contributed by atoms with Gasteiger partial charge in [-0.2, -0.15) is 0 Å². The minimum atomic E-state index is -0.954. The Balaban J connectivity index is -0.000000122. The van der Waals surface area contributed by atoms with Gasteiger partial charge in [-0.05, 0) is 12.8 Å². The normalized spacial score (nSPS) is 9.84. The van der Waals surface area contributed by atoms with E-state index >= 15 is 0 Å². The number of aliphatic hydroxyl groups is 9. The Bertz CT molecular complexity index is 380. The number of hydrogen-bond donors (Lipinski definition) is 11. The van der Waals surface area contributed by atoms with Crippen molar-refractivity contribution in [2.24, 2.45) is 0 Å². The Morgan fingerprint density at radius 1 is 0.447 bits per heavy atom. The number of carboxylic acids is 2. The lowest BCUT2D eigenvalue weighted by Gasteiger charge is -1.96. The van der Waals surface area contributed by atoms with Gasteiger partial charge in [-0.25, -0.2) is 0 Å². The lowest BCUT2D eigenvalue weighted by atomic mass is 10.1. The van der Waals surface area contributed by atoms with Gasteiger partial charge in [-0.1, -0.05) is 65.2 Å². The standard InChI is InChI=1S/2C8H16O2.3C3H8O3/c2*1-2-3-4-5-6-7-8(9)10;3*4-1-3(6)2-5/h2*2-7H2,1H3,(H,9,10);3*3-6H,1-2H2. The van der Waals surface area contributed by atoms with Crippen LogP contribution in [0.1, 0.15) is 90.9 Å². The van der Waals surface area contributed by atoms with Gasteiger partial charge in [-0.15, -0.1) is 0 Å². The van der Waals surface area contributed by atoms with Gasteiger partial charge in [0.25, 0.3) is 0 Å². The van der Waals surface area contributed by atoms with Crippen molar-refractivity contribution in [3.8, 4) is 0 Å². The largest absolute Gasteiger partial charge is 0.481 e. The number of rotatable bonds is 18. The van der Waals surface area contributed by atoms with Crippen molar-refractivity contribution in [2.45, 2.75) is 109 Å². The second-order valence-electron chi connectivity index (χ2n) is 8.17. The summed E-state index contributed by atoms with van der Waals surface area (Å²) >= 11 is 0. The van der Waals surface area contributed by atoms with Crippen LogP contribution in [0.2, 0.25) is 0 Å². The summed E-state index contributed by atoms with van der Waals surface area (Å²) in [4.78, 5) is 20.1. The lowest BCUT2D eigenvalue weighted by molar-refractivity contribution is -0.138. The lowest BCUT2D eigenvalue weighted by Crippen LogP contribution is -2.15. The van der Waals surface area contributed by atoms with E-state index in [1.807, 2.05) is 0 Å². The Labute approximate surface area is 227 Å². The molecule has 0 aliphatic heterocycles. The first-order valence-corrected chi connectivity index (χ1v) is 13.1. The molecule has 0 aromatic heterocycles. The van der Waals surface area contributed by atoms with Gasteiger partial charge in [0.2, 0.25) is 0 Å². The molecule has 0 saturated heterocycles. The van der Waals surface area contributed by atoms with Crippen LogP contribution in [0.3, 0.4) is 0 Å². The molecule has 0 heterocycles. The van der Waals surface area contributed by atoms with Crippen molar-refractivity contribution >= 4 is 11.9 Å². The van der Waals surface area contributed by atoms with E-state index in [9.17, 15) is 9.59 Å². The highest BCUT2D eigenvalue weighted by Crippen LogP contribution is 2.04. The fraction of sp³-hybridized carbons (Fsp3) is 0.920. The maximum atomic E-state index is 10.0. The van der Waals surface area contributed by atoms with Crippen LogP contribution < -0.4 is 0 Å². The first kappa shape index (κ1) is 46.4. The van der Waals surface area contributed by atoms with Gasteiger partial charge in [0, 0.05) is 12.8 Å². The van der Waals surface area contributed by atoms with Crippen LogP contribution in [0, 0.1) is 0 Å². The molecular weight excluding hydrogens is 508 g/mol. The Kier molecular flexibility index (Phi) is 52.1. The van der Waals surface area contributed by atoms with E-state index in [4.69, 9.17) is 56.2 Å². The van der Waals surface area contributed by atoms with Crippen LogP contribution in [-0.4, -0.2) is 126 Å². The third kappa shape index (κ3) is 64.5. The Morgan fingerprint density at radius 2 is 0.658 bits per heavy atom. The summed E-state index contributed by atoms with van der Waals surface area (Å²) in [7, 11) is 0. The van der Waals surface area contributed by atoms with Crippen molar-refractivity contribution in [2.75, 3.05) is 39.6 Å². The maximum Gasteiger partial charge on any atom is 0.303 e. The number of carbonyl (C=O) groups is 2. The molecule has 0 aromatic rings. The fourth-order valence-corrected chi connectivity index (χ4v) is 1.93. The molecule has 13 heteroatoms. The molecule has 0 amide bonds. The minimum Gasteiger partial charge on any atom is -0.481 e. The number of hydrogen-bond acceptors (Lipinski definition) is 11. The molecule has 0 aliphatic carbocycles. The van der Waals surface area contributed by atoms with E-state index in [1.165, 1.54) is 38.5 Å². The number of aliphatic hydroxyl groups excluding tert-OH is 9. The molecule has 11 N–H and O–H groups in total. The number of aliphatic carboxylic acids is 2. The van der Waals surface area contributed by atoms with Crippen molar-refractivity contribution < 1.29 is 65.8 Å². The molecular formula is C25H56O13. The molecule has 0 unspecified atom stereocenters. The summed E-state index contributed by atoms with van der Waals surface area (Å²) in [6.07, 6.45) is 8.91. The fourth-order valence-electron chi connectivity index (χ4n) is 1.93. The van der Waals surface area contributed by atoms with Crippen LogP contribution in [-0.2, 0) is 9.59 Å². The zero-order valence-corrected chi connectivity index (χ0v) is 23.2. The molecule has 0 rings (SSSR count). The maximum absolute atomic E-state index is 10.0. The van der Waals surface area contributed by atoms with E-state index in [1.54, 1.807) is 0 Å². The van der Waals surface area contributed by atoms with Crippen LogP contribution >= 0.6 is 0 Å². The predicted octanol–water partition coefficient (Wildman–Crippen LogP) is -0.141. The number of carboxylic acid groups (broad SMARTS) is 2. The Morgan fingerprint density at radius 3 is 0.789 bits per heavy atom. The van der Waals surface area contributed by atoms with E-state index < -0.39 is 30.3 Å². The quantitative estimate of drug-likeness (QED) is 0.0970. The second-order valence-corrected chi connectivity index (χ2v) is 8.17. The smallest absolute Gasteiger partial charge is 0.303 e. The summed E-state index contributed by atoms with van der Waals surface area (Å²) in [5.41, 5.74) is 0. The van der Waals surface area contributed by atoms with Gasteiger partial charge >= 0.3 is 11.9 Å². The van der Waals surface area contributed by atoms with Crippen molar-refractivity contribution in [3.63, 3.8) is 0 Å². The molecule has 0 atom stereocenters. The summed E-state index contributed by atoms with van der Waals surface area (Å²) in [5.74, 6) is -1.34. The Hall–Kier alpha value is -1.42. The van der Waals surface area contributed by atoms with Gasteiger partial charge in [-0.3, -0.25) is 9.59 Å². The van der Waals surface area contributed by atoms with E-state index in [2.05, 4.69) is 13.8 Å². The molecule has 0 saturated carbocycles.